The fourth-order valence-corrected chi connectivity index (χ4v) is 5.12. The van der Waals surface area contributed by atoms with E-state index in [0.717, 1.165) is 22.3 Å². The summed E-state index contributed by atoms with van der Waals surface area (Å²) in [6, 6.07) is 12.1. The van der Waals surface area contributed by atoms with Gasteiger partial charge in [-0.25, -0.2) is 9.59 Å². The molecule has 0 N–H and O–H groups in total. The smallest absolute Gasteiger partial charge is 0.340 e. The Morgan fingerprint density at radius 3 is 1.14 bits per heavy atom. The van der Waals surface area contributed by atoms with Gasteiger partial charge in [0.15, 0.2) is 0 Å². The van der Waals surface area contributed by atoms with Gasteiger partial charge in [-0.15, -0.1) is 0 Å². The number of benzene rings is 2. The first-order chi connectivity index (χ1) is 17.4. The van der Waals surface area contributed by atoms with E-state index in [1.165, 1.54) is 0 Å². The van der Waals surface area contributed by atoms with Crippen molar-refractivity contribution in [2.45, 2.75) is 85.5 Å². The van der Waals surface area contributed by atoms with E-state index in [2.05, 4.69) is 67.5 Å². The molecule has 2 bridgehead atoms. The highest BCUT2D eigenvalue weighted by atomic mass is 16.5. The molecule has 0 aromatic heterocycles. The Morgan fingerprint density at radius 2 is 0.865 bits per heavy atom. The van der Waals surface area contributed by atoms with Crippen LogP contribution in [0.3, 0.4) is 0 Å². The predicted molar refractivity (Wildman–Crippen MR) is 148 cm³/mol. The van der Waals surface area contributed by atoms with Gasteiger partial charge in [0.05, 0.1) is 11.1 Å². The van der Waals surface area contributed by atoms with Gasteiger partial charge >= 0.3 is 11.9 Å². The van der Waals surface area contributed by atoms with E-state index in [4.69, 9.17) is 9.47 Å². The molecule has 2 unspecified atom stereocenters. The Kier molecular flexibility index (Phi) is 7.77. The summed E-state index contributed by atoms with van der Waals surface area (Å²) in [5.41, 5.74) is 5.37. The minimum Gasteiger partial charge on any atom is -0.423 e. The monoisotopic (exact) mass is 500 g/mol. The summed E-state index contributed by atoms with van der Waals surface area (Å²) in [5, 5.41) is 0. The molecule has 2 aliphatic rings. The number of hydrogen-bond acceptors (Lipinski definition) is 4. The maximum Gasteiger partial charge on any atom is 0.340 e. The largest absolute Gasteiger partial charge is 0.423 e. The molecule has 4 nitrogen and oxygen atoms in total. The molecule has 0 amide bonds. The first-order valence-corrected chi connectivity index (χ1v) is 13.6. The van der Waals surface area contributed by atoms with Crippen molar-refractivity contribution in [1.82, 2.24) is 0 Å². The van der Waals surface area contributed by atoms with E-state index >= 15 is 0 Å². The van der Waals surface area contributed by atoms with Crippen molar-refractivity contribution >= 4 is 11.9 Å². The molecular formula is C33H40O4. The predicted octanol–water partition coefficient (Wildman–Crippen LogP) is 8.19. The van der Waals surface area contributed by atoms with Crippen LogP contribution in [0.15, 0.2) is 59.7 Å². The Morgan fingerprint density at radius 1 is 0.568 bits per heavy atom. The molecule has 2 aromatic carbocycles. The average Bonchev–Trinajstić information content (AvgIpc) is 3.45. The van der Waals surface area contributed by atoms with Crippen molar-refractivity contribution in [2.75, 3.05) is 0 Å². The molecule has 2 aromatic rings. The van der Waals surface area contributed by atoms with E-state index in [-0.39, 0.29) is 11.8 Å². The van der Waals surface area contributed by atoms with E-state index < -0.39 is 11.9 Å². The van der Waals surface area contributed by atoms with Crippen LogP contribution in [0.1, 0.15) is 108 Å². The summed E-state index contributed by atoms with van der Waals surface area (Å²) >= 11 is 0. The van der Waals surface area contributed by atoms with Crippen LogP contribution in [0.4, 0.5) is 0 Å². The fourth-order valence-electron chi connectivity index (χ4n) is 5.12. The second-order valence-electron chi connectivity index (χ2n) is 11.7. The molecule has 0 saturated carbocycles. The standard InChI is InChI=1S/C33H40O4/c1-18(2)24-12-25(19(3)4)15-28(14-24)36-32(34)30-22-9-10-23(11-22)31(30)33(35)37-29-16-26(20(5)6)13-27(17-29)21(7)8/h9-10,12-23H,11H2,1-8H3. The van der Waals surface area contributed by atoms with Crippen LogP contribution in [0.25, 0.3) is 0 Å². The molecule has 4 rings (SSSR count). The second kappa shape index (κ2) is 10.7. The van der Waals surface area contributed by atoms with Crippen molar-refractivity contribution in [2.24, 2.45) is 11.8 Å². The Balaban J connectivity index is 1.64. The van der Waals surface area contributed by atoms with Crippen LogP contribution in [-0.2, 0) is 9.59 Å². The summed E-state index contributed by atoms with van der Waals surface area (Å²) < 4.78 is 11.9. The van der Waals surface area contributed by atoms with Gasteiger partial charge in [0.2, 0.25) is 0 Å². The molecule has 0 fully saturated rings. The molecule has 4 heteroatoms. The first-order valence-electron chi connectivity index (χ1n) is 13.6. The molecule has 2 aliphatic carbocycles. The van der Waals surface area contributed by atoms with E-state index in [0.29, 0.717) is 52.7 Å². The van der Waals surface area contributed by atoms with Crippen LogP contribution in [-0.4, -0.2) is 11.9 Å². The minimum atomic E-state index is -0.460. The second-order valence-corrected chi connectivity index (χ2v) is 11.7. The van der Waals surface area contributed by atoms with E-state index in [1.807, 2.05) is 36.4 Å². The summed E-state index contributed by atoms with van der Waals surface area (Å²) in [6.07, 6.45) is 4.73. The maximum atomic E-state index is 13.5. The van der Waals surface area contributed by atoms with Crippen LogP contribution in [0, 0.1) is 11.8 Å². The lowest BCUT2D eigenvalue weighted by Gasteiger charge is -2.18. The van der Waals surface area contributed by atoms with Gasteiger partial charge in [-0.3, -0.25) is 0 Å². The number of carbonyl (C=O) groups is 2. The van der Waals surface area contributed by atoms with Gasteiger partial charge in [0.25, 0.3) is 0 Å². The third kappa shape index (κ3) is 5.74. The lowest BCUT2D eigenvalue weighted by molar-refractivity contribution is -0.133. The molecule has 0 spiro atoms. The molecular weight excluding hydrogens is 460 g/mol. The molecule has 2 atom stereocenters. The summed E-state index contributed by atoms with van der Waals surface area (Å²) in [6.45, 7) is 17.0. The van der Waals surface area contributed by atoms with Crippen molar-refractivity contribution in [3.63, 3.8) is 0 Å². The molecule has 0 heterocycles. The highest BCUT2D eigenvalue weighted by Gasteiger charge is 2.43. The van der Waals surface area contributed by atoms with Crippen LogP contribution < -0.4 is 9.47 Å². The highest BCUT2D eigenvalue weighted by Crippen LogP contribution is 2.45. The van der Waals surface area contributed by atoms with Crippen LogP contribution in [0.2, 0.25) is 0 Å². The number of esters is 2. The Bertz CT molecular complexity index is 1110. The van der Waals surface area contributed by atoms with Crippen molar-refractivity contribution in [3.05, 3.63) is 82.0 Å². The lowest BCUT2D eigenvalue weighted by Crippen LogP contribution is -2.22. The maximum absolute atomic E-state index is 13.5. The zero-order chi connectivity index (χ0) is 27.0. The van der Waals surface area contributed by atoms with Gasteiger partial charge in [0, 0.05) is 11.8 Å². The quantitative estimate of drug-likeness (QED) is 0.208. The topological polar surface area (TPSA) is 52.6 Å². The van der Waals surface area contributed by atoms with Gasteiger partial charge in [-0.1, -0.05) is 79.7 Å². The Labute approximate surface area is 221 Å². The number of fused-ring (bicyclic) bond motifs is 2. The zero-order valence-corrected chi connectivity index (χ0v) is 23.4. The molecule has 196 valence electrons. The normalized spacial score (nSPS) is 18.6. The summed E-state index contributed by atoms with van der Waals surface area (Å²) in [4.78, 5) is 27.0. The first kappa shape index (κ1) is 26.9. The van der Waals surface area contributed by atoms with Crippen LogP contribution in [0.5, 0.6) is 11.5 Å². The summed E-state index contributed by atoms with van der Waals surface area (Å²) in [7, 11) is 0. The van der Waals surface area contributed by atoms with Gasteiger partial charge in [-0.2, -0.15) is 0 Å². The third-order valence-electron chi connectivity index (χ3n) is 7.55. The SMILES string of the molecule is CC(C)c1cc(OC(=O)C2=C(C(=O)Oc3cc(C(C)C)cc(C(C)C)c3)C3C=CC2C3)cc(C(C)C)c1. The third-order valence-corrected chi connectivity index (χ3v) is 7.55. The molecule has 0 saturated heterocycles. The summed E-state index contributed by atoms with van der Waals surface area (Å²) in [5.74, 6) is 1.13. The number of carbonyl (C=O) groups excluding carboxylic acids is 2. The number of hydrogen-bond donors (Lipinski definition) is 0. The van der Waals surface area contributed by atoms with Crippen molar-refractivity contribution in [3.8, 4) is 11.5 Å². The molecule has 0 radical (unpaired) electrons. The van der Waals surface area contributed by atoms with Crippen LogP contribution >= 0.6 is 0 Å². The van der Waals surface area contributed by atoms with Crippen molar-refractivity contribution in [1.29, 1.82) is 0 Å². The number of ether oxygens (including phenoxy) is 2. The average molecular weight is 501 g/mol. The zero-order valence-electron chi connectivity index (χ0n) is 23.4. The Hall–Kier alpha value is -3.14. The minimum absolute atomic E-state index is 0.119. The van der Waals surface area contributed by atoms with Gasteiger partial charge in [0.1, 0.15) is 11.5 Å². The molecule has 0 aliphatic heterocycles. The number of rotatable bonds is 8. The van der Waals surface area contributed by atoms with Gasteiger partial charge < -0.3 is 9.47 Å². The van der Waals surface area contributed by atoms with Crippen molar-refractivity contribution < 1.29 is 19.1 Å². The number of allylic oxidation sites excluding steroid dienone is 2. The molecule has 37 heavy (non-hydrogen) atoms. The van der Waals surface area contributed by atoms with E-state index in [1.54, 1.807) is 0 Å². The van der Waals surface area contributed by atoms with E-state index in [9.17, 15) is 9.59 Å². The lowest BCUT2D eigenvalue weighted by atomic mass is 9.95. The fraction of sp³-hybridized carbons (Fsp3) is 0.455. The highest BCUT2D eigenvalue weighted by molar-refractivity contribution is 6.04. The van der Waals surface area contributed by atoms with Gasteiger partial charge in [-0.05, 0) is 76.6 Å².